The van der Waals surface area contributed by atoms with Crippen molar-refractivity contribution in [3.05, 3.63) is 47.5 Å². The number of carboxylic acid groups (broad SMARTS) is 2. The summed E-state index contributed by atoms with van der Waals surface area (Å²) in [5.41, 5.74) is 0.175. The minimum absolute atomic E-state index is 0. The first-order valence-corrected chi connectivity index (χ1v) is 6.50. The minimum atomic E-state index is -1.05. The molecule has 0 spiro atoms. The van der Waals surface area contributed by atoms with Crippen LogP contribution < -0.4 is 9.47 Å². The topological polar surface area (TPSA) is 134 Å². The van der Waals surface area contributed by atoms with Crippen LogP contribution in [0.1, 0.15) is 20.7 Å². The molecule has 0 aliphatic heterocycles. The number of hydrogen-bond acceptors (Lipinski definition) is 6. The number of methoxy groups -OCH3 is 2. The molecule has 8 nitrogen and oxygen atoms in total. The summed E-state index contributed by atoms with van der Waals surface area (Å²) in [7, 11) is 2.72. The maximum absolute atomic E-state index is 10.4. The molecule has 4 N–H and O–H groups in total. The van der Waals surface area contributed by atoms with E-state index in [0.717, 1.165) is 0 Å². The summed E-state index contributed by atoms with van der Waals surface area (Å²) in [5.74, 6) is -1.91. The average Bonchev–Trinajstić information content (AvgIpc) is 2.55. The van der Waals surface area contributed by atoms with Gasteiger partial charge in [-0.25, -0.2) is 9.59 Å². The van der Waals surface area contributed by atoms with Crippen molar-refractivity contribution in [3.8, 4) is 23.0 Å². The van der Waals surface area contributed by atoms with Crippen LogP contribution >= 0.6 is 0 Å². The summed E-state index contributed by atoms with van der Waals surface area (Å²) < 4.78 is 9.44. The van der Waals surface area contributed by atoms with Crippen molar-refractivity contribution in [2.45, 2.75) is 0 Å². The van der Waals surface area contributed by atoms with Crippen molar-refractivity contribution in [1.82, 2.24) is 0 Å². The molecule has 0 radical (unpaired) electrons. The fourth-order valence-electron chi connectivity index (χ4n) is 1.62. The molecule has 0 amide bonds. The Morgan fingerprint density at radius 3 is 1.32 bits per heavy atom. The zero-order valence-electron chi connectivity index (χ0n) is 13.2. The van der Waals surface area contributed by atoms with Gasteiger partial charge in [0.2, 0.25) is 0 Å². The molecule has 0 atom stereocenters. The van der Waals surface area contributed by atoms with Gasteiger partial charge in [-0.05, 0) is 36.4 Å². The standard InChI is InChI=1S/2C8H8O4.Ru/c2*1-12-7-4-5(8(10)11)2-3-6(7)9;/h2*2-4,9H,1H3,(H,10,11);. The van der Waals surface area contributed by atoms with Gasteiger partial charge in [0.15, 0.2) is 23.0 Å². The Labute approximate surface area is 156 Å². The van der Waals surface area contributed by atoms with E-state index in [1.807, 2.05) is 0 Å². The predicted molar refractivity (Wildman–Crippen MR) is 83.2 cm³/mol. The van der Waals surface area contributed by atoms with Gasteiger partial charge >= 0.3 is 11.9 Å². The summed E-state index contributed by atoms with van der Waals surface area (Å²) in [5, 5.41) is 35.3. The zero-order chi connectivity index (χ0) is 18.3. The zero-order valence-corrected chi connectivity index (χ0v) is 15.0. The number of benzene rings is 2. The Kier molecular flexibility index (Phi) is 9.01. The van der Waals surface area contributed by atoms with Crippen LogP contribution in [-0.2, 0) is 19.5 Å². The summed E-state index contributed by atoms with van der Waals surface area (Å²) in [4.78, 5) is 20.9. The van der Waals surface area contributed by atoms with Crippen molar-refractivity contribution < 1.29 is 59.0 Å². The van der Waals surface area contributed by atoms with Gasteiger partial charge in [0.05, 0.1) is 25.3 Å². The van der Waals surface area contributed by atoms with Gasteiger partial charge < -0.3 is 29.9 Å². The monoisotopic (exact) mass is 438 g/mol. The van der Waals surface area contributed by atoms with E-state index in [-0.39, 0.29) is 53.6 Å². The first-order chi connectivity index (χ1) is 11.3. The first-order valence-electron chi connectivity index (χ1n) is 6.50. The number of ether oxygens (including phenoxy) is 2. The van der Waals surface area contributed by atoms with Crippen molar-refractivity contribution in [3.63, 3.8) is 0 Å². The van der Waals surface area contributed by atoms with Crippen LogP contribution in [0.3, 0.4) is 0 Å². The minimum Gasteiger partial charge on any atom is -0.504 e. The summed E-state index contributed by atoms with van der Waals surface area (Å²) in [6.45, 7) is 0. The van der Waals surface area contributed by atoms with Crippen LogP contribution in [0, 0.1) is 0 Å². The van der Waals surface area contributed by atoms with E-state index >= 15 is 0 Å². The van der Waals surface area contributed by atoms with Crippen molar-refractivity contribution in [2.75, 3.05) is 14.2 Å². The summed E-state index contributed by atoms with van der Waals surface area (Å²) in [6, 6.07) is 7.69. The second-order valence-electron chi connectivity index (χ2n) is 4.38. The fourth-order valence-corrected chi connectivity index (χ4v) is 1.62. The third kappa shape index (κ3) is 6.31. The second-order valence-corrected chi connectivity index (χ2v) is 4.38. The SMILES string of the molecule is COc1cc(C(=O)O)ccc1O.COc1cc(C(=O)O)ccc1O.[Ru]. The van der Waals surface area contributed by atoms with Crippen LogP contribution in [0.25, 0.3) is 0 Å². The molecule has 2 aromatic carbocycles. The molecule has 136 valence electrons. The van der Waals surface area contributed by atoms with E-state index in [1.54, 1.807) is 0 Å². The Balaban J connectivity index is 0.000000443. The molecule has 0 aromatic heterocycles. The number of phenols is 2. The first kappa shape index (κ1) is 22.2. The van der Waals surface area contributed by atoms with E-state index in [4.69, 9.17) is 29.9 Å². The molecule has 25 heavy (non-hydrogen) atoms. The van der Waals surface area contributed by atoms with E-state index in [0.29, 0.717) is 0 Å². The largest absolute Gasteiger partial charge is 0.504 e. The number of phenolic OH excluding ortho intramolecular Hbond substituents is 2. The van der Waals surface area contributed by atoms with Crippen LogP contribution in [0.5, 0.6) is 23.0 Å². The number of rotatable bonds is 4. The van der Waals surface area contributed by atoms with Gasteiger partial charge in [0.1, 0.15) is 0 Å². The molecule has 0 aliphatic rings. The molecule has 2 aromatic rings. The van der Waals surface area contributed by atoms with Crippen LogP contribution in [0.2, 0.25) is 0 Å². The number of hydrogen-bond donors (Lipinski definition) is 4. The number of aromatic hydroxyl groups is 2. The predicted octanol–water partition coefficient (Wildman–Crippen LogP) is 2.20. The van der Waals surface area contributed by atoms with Crippen molar-refractivity contribution in [1.29, 1.82) is 0 Å². The number of carboxylic acids is 2. The van der Waals surface area contributed by atoms with Crippen LogP contribution in [-0.4, -0.2) is 46.6 Å². The molecular weight excluding hydrogens is 421 g/mol. The van der Waals surface area contributed by atoms with Gasteiger partial charge in [0.25, 0.3) is 0 Å². The molecule has 9 heteroatoms. The van der Waals surface area contributed by atoms with Gasteiger partial charge in [0, 0.05) is 19.5 Å². The van der Waals surface area contributed by atoms with E-state index in [2.05, 4.69) is 0 Å². The molecule has 0 saturated carbocycles. The second kappa shape index (κ2) is 10.1. The van der Waals surface area contributed by atoms with Gasteiger partial charge in [-0.3, -0.25) is 0 Å². The molecule has 0 aliphatic carbocycles. The van der Waals surface area contributed by atoms with E-state index < -0.39 is 11.9 Å². The van der Waals surface area contributed by atoms with E-state index in [1.165, 1.54) is 50.6 Å². The van der Waals surface area contributed by atoms with Crippen LogP contribution in [0.4, 0.5) is 0 Å². The van der Waals surface area contributed by atoms with E-state index in [9.17, 15) is 9.59 Å². The average molecular weight is 437 g/mol. The fraction of sp³-hybridized carbons (Fsp3) is 0.125. The quantitative estimate of drug-likeness (QED) is 0.535. The maximum Gasteiger partial charge on any atom is 0.335 e. The molecule has 0 fully saturated rings. The normalized spacial score (nSPS) is 9.04. The Bertz CT molecular complexity index is 681. The number of carbonyl (C=O) groups is 2. The van der Waals surface area contributed by atoms with Crippen LogP contribution in [0.15, 0.2) is 36.4 Å². The molecule has 0 saturated heterocycles. The third-order valence-electron chi connectivity index (χ3n) is 2.85. The molecular formula is C16H16O8Ru. The van der Waals surface area contributed by atoms with Gasteiger partial charge in [-0.2, -0.15) is 0 Å². The molecule has 0 bridgehead atoms. The number of aromatic carboxylic acids is 2. The molecule has 0 heterocycles. The third-order valence-corrected chi connectivity index (χ3v) is 2.85. The summed E-state index contributed by atoms with van der Waals surface area (Å²) in [6.07, 6.45) is 0. The van der Waals surface area contributed by atoms with Crippen molar-refractivity contribution in [2.24, 2.45) is 0 Å². The van der Waals surface area contributed by atoms with Gasteiger partial charge in [-0.1, -0.05) is 0 Å². The molecule has 2 rings (SSSR count). The molecule has 0 unspecified atom stereocenters. The van der Waals surface area contributed by atoms with Crippen molar-refractivity contribution >= 4 is 11.9 Å². The van der Waals surface area contributed by atoms with Gasteiger partial charge in [-0.15, -0.1) is 0 Å². The Morgan fingerprint density at radius 1 is 0.760 bits per heavy atom. The maximum atomic E-state index is 10.4. The Hall–Kier alpha value is -2.80. The summed E-state index contributed by atoms with van der Waals surface area (Å²) >= 11 is 0. The Morgan fingerprint density at radius 2 is 1.08 bits per heavy atom. The smallest absolute Gasteiger partial charge is 0.335 e.